The molecule has 0 saturated heterocycles. The van der Waals surface area contributed by atoms with Crippen LogP contribution in [0.3, 0.4) is 0 Å². The third kappa shape index (κ3) is 5.44. The summed E-state index contributed by atoms with van der Waals surface area (Å²) in [7, 11) is 0. The standard InChI is InChI=1S/C23H22ClN3O/c1-2-27(17-19-6-4-3-5-7-19)22-14-8-18(9-15-22)16-25-26-23(28)20-10-12-21(24)13-11-20/h3-16H,2,17H2,1H3,(H,26,28)/b25-16+. The molecule has 0 spiro atoms. The van der Waals surface area contributed by atoms with Crippen LogP contribution in [0, 0.1) is 0 Å². The Morgan fingerprint density at radius 1 is 1.00 bits per heavy atom. The lowest BCUT2D eigenvalue weighted by molar-refractivity contribution is 0.0955. The number of amides is 1. The van der Waals surface area contributed by atoms with Crippen molar-refractivity contribution in [3.8, 4) is 0 Å². The van der Waals surface area contributed by atoms with Gasteiger partial charge in [-0.3, -0.25) is 4.79 Å². The van der Waals surface area contributed by atoms with Crippen LogP contribution in [0.5, 0.6) is 0 Å². The first-order chi connectivity index (χ1) is 13.7. The minimum atomic E-state index is -0.274. The Balaban J connectivity index is 1.59. The lowest BCUT2D eigenvalue weighted by Crippen LogP contribution is -2.21. The van der Waals surface area contributed by atoms with Crippen molar-refractivity contribution in [2.75, 3.05) is 11.4 Å². The van der Waals surface area contributed by atoms with Crippen LogP contribution < -0.4 is 10.3 Å². The van der Waals surface area contributed by atoms with Crippen molar-refractivity contribution >= 4 is 29.4 Å². The molecule has 0 aliphatic rings. The number of nitrogens with zero attached hydrogens (tertiary/aromatic N) is 2. The molecule has 3 aromatic rings. The number of hydrazone groups is 1. The van der Waals surface area contributed by atoms with E-state index in [1.165, 1.54) is 5.56 Å². The Labute approximate surface area is 170 Å². The SMILES string of the molecule is CCN(Cc1ccccc1)c1ccc(/C=N/NC(=O)c2ccc(Cl)cc2)cc1. The third-order valence-electron chi connectivity index (χ3n) is 4.34. The largest absolute Gasteiger partial charge is 0.367 e. The summed E-state index contributed by atoms with van der Waals surface area (Å²) in [6.45, 7) is 3.92. The highest BCUT2D eigenvalue weighted by Crippen LogP contribution is 2.17. The van der Waals surface area contributed by atoms with E-state index in [1.807, 2.05) is 18.2 Å². The fourth-order valence-corrected chi connectivity index (χ4v) is 2.92. The van der Waals surface area contributed by atoms with Crippen molar-refractivity contribution < 1.29 is 4.79 Å². The number of hydrogen-bond acceptors (Lipinski definition) is 3. The summed E-state index contributed by atoms with van der Waals surface area (Å²) in [6.07, 6.45) is 1.63. The molecule has 0 radical (unpaired) electrons. The van der Waals surface area contributed by atoms with Crippen molar-refractivity contribution in [3.63, 3.8) is 0 Å². The van der Waals surface area contributed by atoms with E-state index in [1.54, 1.807) is 30.5 Å². The normalized spacial score (nSPS) is 10.8. The Bertz CT molecular complexity index is 922. The molecule has 28 heavy (non-hydrogen) atoms. The van der Waals surface area contributed by atoms with Crippen molar-refractivity contribution in [1.82, 2.24) is 5.43 Å². The van der Waals surface area contributed by atoms with E-state index < -0.39 is 0 Å². The van der Waals surface area contributed by atoms with E-state index in [9.17, 15) is 4.79 Å². The molecular formula is C23H22ClN3O. The van der Waals surface area contributed by atoms with E-state index in [4.69, 9.17) is 11.6 Å². The average Bonchev–Trinajstić information content (AvgIpc) is 2.74. The van der Waals surface area contributed by atoms with Crippen molar-refractivity contribution in [1.29, 1.82) is 0 Å². The summed E-state index contributed by atoms with van der Waals surface area (Å²) in [5.41, 5.74) is 6.37. The van der Waals surface area contributed by atoms with Crippen LogP contribution in [-0.4, -0.2) is 18.7 Å². The lowest BCUT2D eigenvalue weighted by Gasteiger charge is -2.23. The second-order valence-electron chi connectivity index (χ2n) is 6.30. The van der Waals surface area contributed by atoms with Crippen LogP contribution in [-0.2, 0) is 6.54 Å². The van der Waals surface area contributed by atoms with Crippen molar-refractivity contribution in [3.05, 3.63) is 101 Å². The number of anilines is 1. The van der Waals surface area contributed by atoms with Gasteiger partial charge < -0.3 is 4.90 Å². The molecule has 0 bridgehead atoms. The number of hydrogen-bond donors (Lipinski definition) is 1. The summed E-state index contributed by atoms with van der Waals surface area (Å²) in [5, 5.41) is 4.62. The molecule has 142 valence electrons. The molecule has 4 nitrogen and oxygen atoms in total. The van der Waals surface area contributed by atoms with Crippen LogP contribution in [0.4, 0.5) is 5.69 Å². The number of carbonyl (C=O) groups excluding carboxylic acids is 1. The molecule has 0 unspecified atom stereocenters. The van der Waals surface area contributed by atoms with Gasteiger partial charge in [0.2, 0.25) is 0 Å². The van der Waals surface area contributed by atoms with Crippen LogP contribution in [0.25, 0.3) is 0 Å². The van der Waals surface area contributed by atoms with E-state index >= 15 is 0 Å². The topological polar surface area (TPSA) is 44.7 Å². The molecule has 0 heterocycles. The maximum absolute atomic E-state index is 12.0. The minimum absolute atomic E-state index is 0.274. The van der Waals surface area contributed by atoms with Crippen molar-refractivity contribution in [2.24, 2.45) is 5.10 Å². The van der Waals surface area contributed by atoms with Gasteiger partial charge in [0.25, 0.3) is 5.91 Å². The van der Waals surface area contributed by atoms with Crippen LogP contribution >= 0.6 is 11.6 Å². The molecule has 0 fully saturated rings. The first-order valence-corrected chi connectivity index (χ1v) is 9.51. The van der Waals surface area contributed by atoms with Crippen LogP contribution in [0.1, 0.15) is 28.4 Å². The second kappa shape index (κ2) is 9.72. The van der Waals surface area contributed by atoms with Gasteiger partial charge in [0.15, 0.2) is 0 Å². The second-order valence-corrected chi connectivity index (χ2v) is 6.73. The smallest absolute Gasteiger partial charge is 0.271 e. The molecule has 3 rings (SSSR count). The Hall–Kier alpha value is -3.11. The fraction of sp³-hybridized carbons (Fsp3) is 0.130. The number of carbonyl (C=O) groups is 1. The van der Waals surface area contributed by atoms with E-state index in [-0.39, 0.29) is 5.91 Å². The van der Waals surface area contributed by atoms with Gasteiger partial charge in [-0.15, -0.1) is 0 Å². The molecule has 0 atom stereocenters. The Morgan fingerprint density at radius 3 is 2.32 bits per heavy atom. The fourth-order valence-electron chi connectivity index (χ4n) is 2.79. The van der Waals surface area contributed by atoms with E-state index in [0.717, 1.165) is 24.3 Å². The van der Waals surface area contributed by atoms with E-state index in [2.05, 4.69) is 58.7 Å². The molecule has 0 aromatic heterocycles. The van der Waals surface area contributed by atoms with Gasteiger partial charge in [0, 0.05) is 29.4 Å². The zero-order chi connectivity index (χ0) is 19.8. The highest BCUT2D eigenvalue weighted by atomic mass is 35.5. The molecule has 3 aromatic carbocycles. The quantitative estimate of drug-likeness (QED) is 0.448. The predicted octanol–water partition coefficient (Wildman–Crippen LogP) is 5.13. The predicted molar refractivity (Wildman–Crippen MR) is 116 cm³/mol. The highest BCUT2D eigenvalue weighted by molar-refractivity contribution is 6.30. The summed E-state index contributed by atoms with van der Waals surface area (Å²) < 4.78 is 0. The molecule has 1 N–H and O–H groups in total. The van der Waals surface area contributed by atoms with Crippen molar-refractivity contribution in [2.45, 2.75) is 13.5 Å². The first-order valence-electron chi connectivity index (χ1n) is 9.13. The number of benzene rings is 3. The summed E-state index contributed by atoms with van der Waals surface area (Å²) in [4.78, 5) is 14.3. The molecule has 1 amide bonds. The van der Waals surface area contributed by atoms with Gasteiger partial charge in [0.1, 0.15) is 0 Å². The Kier molecular flexibility index (Phi) is 6.82. The monoisotopic (exact) mass is 391 g/mol. The maximum atomic E-state index is 12.0. The molecule has 5 heteroatoms. The molecular weight excluding hydrogens is 370 g/mol. The lowest BCUT2D eigenvalue weighted by atomic mass is 10.1. The summed E-state index contributed by atoms with van der Waals surface area (Å²) >= 11 is 5.83. The Morgan fingerprint density at radius 2 is 1.68 bits per heavy atom. The number of nitrogens with one attached hydrogen (secondary N) is 1. The molecule has 0 aliphatic heterocycles. The maximum Gasteiger partial charge on any atom is 0.271 e. The van der Waals surface area contributed by atoms with Gasteiger partial charge in [-0.2, -0.15) is 5.10 Å². The number of rotatable bonds is 7. The van der Waals surface area contributed by atoms with Crippen LogP contribution in [0.2, 0.25) is 5.02 Å². The zero-order valence-corrected chi connectivity index (χ0v) is 16.4. The summed E-state index contributed by atoms with van der Waals surface area (Å²) in [5.74, 6) is -0.274. The molecule has 0 saturated carbocycles. The van der Waals surface area contributed by atoms with Crippen LogP contribution in [0.15, 0.2) is 84.0 Å². The third-order valence-corrected chi connectivity index (χ3v) is 4.59. The summed E-state index contributed by atoms with van der Waals surface area (Å²) in [6, 6.07) is 25.2. The first kappa shape index (κ1) is 19.6. The van der Waals surface area contributed by atoms with Gasteiger partial charge in [0.05, 0.1) is 6.21 Å². The van der Waals surface area contributed by atoms with E-state index in [0.29, 0.717) is 10.6 Å². The van der Waals surface area contributed by atoms with Gasteiger partial charge in [-0.25, -0.2) is 5.43 Å². The minimum Gasteiger partial charge on any atom is -0.367 e. The zero-order valence-electron chi connectivity index (χ0n) is 15.7. The van der Waals surface area contributed by atoms with Gasteiger partial charge in [-0.1, -0.05) is 54.1 Å². The average molecular weight is 392 g/mol. The molecule has 0 aliphatic carbocycles. The number of halogens is 1. The van der Waals surface area contributed by atoms with Gasteiger partial charge in [-0.05, 0) is 54.4 Å². The highest BCUT2D eigenvalue weighted by Gasteiger charge is 2.05. The van der Waals surface area contributed by atoms with Gasteiger partial charge >= 0.3 is 0 Å².